The summed E-state index contributed by atoms with van der Waals surface area (Å²) in [6, 6.07) is 0. The van der Waals surface area contributed by atoms with Gasteiger partial charge in [0.2, 0.25) is 0 Å². The van der Waals surface area contributed by atoms with Gasteiger partial charge in [0.25, 0.3) is 0 Å². The molecule has 0 unspecified atom stereocenters. The molecule has 0 spiro atoms. The molecule has 0 N–H and O–H groups in total. The fourth-order valence-corrected chi connectivity index (χ4v) is 1.28. The number of aryl methyl sites for hydroxylation is 1. The number of nitrogens with zero attached hydrogens (tertiary/aromatic N) is 3. The van der Waals surface area contributed by atoms with Gasteiger partial charge in [0.15, 0.2) is 0 Å². The van der Waals surface area contributed by atoms with E-state index in [0.717, 1.165) is 5.69 Å². The summed E-state index contributed by atoms with van der Waals surface area (Å²) in [5, 5.41) is 4.03. The van der Waals surface area contributed by atoms with Gasteiger partial charge < -0.3 is 4.74 Å². The van der Waals surface area contributed by atoms with Gasteiger partial charge in [0.1, 0.15) is 5.60 Å². The highest BCUT2D eigenvalue weighted by molar-refractivity contribution is 5.87. The number of anilines is 1. The molecule has 0 saturated carbocycles. The van der Waals surface area contributed by atoms with Crippen molar-refractivity contribution in [1.82, 2.24) is 9.78 Å². The van der Waals surface area contributed by atoms with Crippen molar-refractivity contribution >= 4 is 11.8 Å². The molecule has 5 heteroatoms. The third-order valence-electron chi connectivity index (χ3n) is 1.93. The zero-order chi connectivity index (χ0) is 12.3. The van der Waals surface area contributed by atoms with Crippen LogP contribution in [0.2, 0.25) is 0 Å². The fourth-order valence-electron chi connectivity index (χ4n) is 1.28. The van der Waals surface area contributed by atoms with E-state index in [2.05, 4.69) is 5.10 Å². The molecule has 0 bridgehead atoms. The summed E-state index contributed by atoms with van der Waals surface area (Å²) in [5.74, 6) is 0. The SMILES string of the molecule is CCN(C(=O)OC(C)(C)C)c1cnn(C)c1. The van der Waals surface area contributed by atoms with Gasteiger partial charge in [-0.1, -0.05) is 0 Å². The predicted octanol–water partition coefficient (Wildman–Crippen LogP) is 2.18. The molecule has 1 aromatic heterocycles. The van der Waals surface area contributed by atoms with Crippen molar-refractivity contribution in [3.05, 3.63) is 12.4 Å². The van der Waals surface area contributed by atoms with Crippen molar-refractivity contribution < 1.29 is 9.53 Å². The Kier molecular flexibility index (Phi) is 3.57. The van der Waals surface area contributed by atoms with Crippen molar-refractivity contribution in [3.63, 3.8) is 0 Å². The van der Waals surface area contributed by atoms with Crippen LogP contribution in [0.1, 0.15) is 27.7 Å². The molecule has 1 aromatic rings. The average molecular weight is 225 g/mol. The second-order valence-corrected chi connectivity index (χ2v) is 4.60. The number of amides is 1. The zero-order valence-electron chi connectivity index (χ0n) is 10.5. The molecule has 1 heterocycles. The van der Waals surface area contributed by atoms with Crippen LogP contribution in [0.4, 0.5) is 10.5 Å². The van der Waals surface area contributed by atoms with Crippen LogP contribution in [0.25, 0.3) is 0 Å². The van der Waals surface area contributed by atoms with Crippen LogP contribution in [-0.2, 0) is 11.8 Å². The van der Waals surface area contributed by atoms with Gasteiger partial charge in [-0.3, -0.25) is 9.58 Å². The molecule has 0 saturated heterocycles. The van der Waals surface area contributed by atoms with E-state index in [1.807, 2.05) is 34.7 Å². The van der Waals surface area contributed by atoms with Gasteiger partial charge in [-0.2, -0.15) is 5.10 Å². The smallest absolute Gasteiger partial charge is 0.414 e. The number of carbonyl (C=O) groups excluding carboxylic acids is 1. The van der Waals surface area contributed by atoms with Gasteiger partial charge in [-0.25, -0.2) is 4.79 Å². The molecule has 0 atom stereocenters. The molecular formula is C11H19N3O2. The van der Waals surface area contributed by atoms with Gasteiger partial charge in [-0.05, 0) is 27.7 Å². The third kappa shape index (κ3) is 3.25. The minimum atomic E-state index is -0.479. The second-order valence-electron chi connectivity index (χ2n) is 4.60. The van der Waals surface area contributed by atoms with E-state index in [0.29, 0.717) is 6.54 Å². The average Bonchev–Trinajstić information content (AvgIpc) is 2.49. The van der Waals surface area contributed by atoms with E-state index in [-0.39, 0.29) is 6.09 Å². The molecule has 0 radical (unpaired) electrons. The van der Waals surface area contributed by atoms with Crippen molar-refractivity contribution in [2.24, 2.45) is 7.05 Å². The number of hydrogen-bond acceptors (Lipinski definition) is 3. The zero-order valence-corrected chi connectivity index (χ0v) is 10.5. The fraction of sp³-hybridized carbons (Fsp3) is 0.636. The van der Waals surface area contributed by atoms with Crippen LogP contribution < -0.4 is 4.90 Å². The summed E-state index contributed by atoms with van der Waals surface area (Å²) >= 11 is 0. The van der Waals surface area contributed by atoms with E-state index >= 15 is 0 Å². The molecule has 0 aliphatic heterocycles. The van der Waals surface area contributed by atoms with Crippen LogP contribution in [0.15, 0.2) is 12.4 Å². The Hall–Kier alpha value is -1.52. The largest absolute Gasteiger partial charge is 0.443 e. The van der Waals surface area contributed by atoms with Gasteiger partial charge >= 0.3 is 6.09 Å². The van der Waals surface area contributed by atoms with Crippen LogP contribution in [0.5, 0.6) is 0 Å². The Morgan fingerprint density at radius 2 is 2.19 bits per heavy atom. The summed E-state index contributed by atoms with van der Waals surface area (Å²) in [6.07, 6.45) is 3.09. The first-order valence-electron chi connectivity index (χ1n) is 5.32. The number of carbonyl (C=O) groups is 1. The Labute approximate surface area is 96.0 Å². The Morgan fingerprint density at radius 1 is 1.56 bits per heavy atom. The maximum absolute atomic E-state index is 11.9. The van der Waals surface area contributed by atoms with Crippen LogP contribution in [-0.4, -0.2) is 28.0 Å². The first-order valence-corrected chi connectivity index (χ1v) is 5.32. The quantitative estimate of drug-likeness (QED) is 0.775. The van der Waals surface area contributed by atoms with E-state index in [4.69, 9.17) is 4.74 Å². The number of ether oxygens (including phenoxy) is 1. The molecule has 90 valence electrons. The van der Waals surface area contributed by atoms with E-state index < -0.39 is 5.60 Å². The molecule has 1 amide bonds. The van der Waals surface area contributed by atoms with Gasteiger partial charge in [0.05, 0.1) is 11.9 Å². The third-order valence-corrected chi connectivity index (χ3v) is 1.93. The molecule has 16 heavy (non-hydrogen) atoms. The van der Waals surface area contributed by atoms with Crippen LogP contribution in [0.3, 0.4) is 0 Å². The standard InChI is InChI=1S/C11H19N3O2/c1-6-14(9-7-12-13(5)8-9)10(15)16-11(2,3)4/h7-8H,6H2,1-5H3. The molecule has 5 nitrogen and oxygen atoms in total. The molecule has 0 aromatic carbocycles. The summed E-state index contributed by atoms with van der Waals surface area (Å²) in [5.41, 5.74) is 0.270. The lowest BCUT2D eigenvalue weighted by molar-refractivity contribution is 0.0582. The summed E-state index contributed by atoms with van der Waals surface area (Å²) in [4.78, 5) is 13.4. The highest BCUT2D eigenvalue weighted by Gasteiger charge is 2.22. The van der Waals surface area contributed by atoms with E-state index in [1.54, 1.807) is 22.0 Å². The predicted molar refractivity (Wildman–Crippen MR) is 62.5 cm³/mol. The number of hydrogen-bond donors (Lipinski definition) is 0. The summed E-state index contributed by atoms with van der Waals surface area (Å²) in [7, 11) is 1.81. The van der Waals surface area contributed by atoms with Gasteiger partial charge in [-0.15, -0.1) is 0 Å². The topological polar surface area (TPSA) is 47.4 Å². The Morgan fingerprint density at radius 3 is 2.56 bits per heavy atom. The Balaban J connectivity index is 2.79. The Bertz CT molecular complexity index is 366. The van der Waals surface area contributed by atoms with Crippen LogP contribution in [0, 0.1) is 0 Å². The molecular weight excluding hydrogens is 206 g/mol. The number of rotatable bonds is 2. The first kappa shape index (κ1) is 12.5. The molecule has 0 fully saturated rings. The summed E-state index contributed by atoms with van der Waals surface area (Å²) in [6.45, 7) is 8.00. The lowest BCUT2D eigenvalue weighted by atomic mass is 10.2. The van der Waals surface area contributed by atoms with Crippen molar-refractivity contribution in [3.8, 4) is 0 Å². The van der Waals surface area contributed by atoms with Crippen molar-refractivity contribution in [2.45, 2.75) is 33.3 Å². The molecule has 0 aliphatic carbocycles. The lowest BCUT2D eigenvalue weighted by Crippen LogP contribution is -2.36. The summed E-state index contributed by atoms with van der Waals surface area (Å²) < 4.78 is 6.96. The van der Waals surface area contributed by atoms with Crippen LogP contribution >= 0.6 is 0 Å². The minimum absolute atomic E-state index is 0.344. The van der Waals surface area contributed by atoms with E-state index in [9.17, 15) is 4.79 Å². The lowest BCUT2D eigenvalue weighted by Gasteiger charge is -2.25. The number of aromatic nitrogens is 2. The molecule has 0 aliphatic rings. The maximum Gasteiger partial charge on any atom is 0.414 e. The van der Waals surface area contributed by atoms with Crippen molar-refractivity contribution in [2.75, 3.05) is 11.4 Å². The van der Waals surface area contributed by atoms with Crippen molar-refractivity contribution in [1.29, 1.82) is 0 Å². The molecule has 1 rings (SSSR count). The normalized spacial score (nSPS) is 11.3. The van der Waals surface area contributed by atoms with E-state index in [1.165, 1.54) is 0 Å². The highest BCUT2D eigenvalue weighted by Crippen LogP contribution is 2.16. The van der Waals surface area contributed by atoms with Gasteiger partial charge in [0, 0.05) is 19.8 Å². The highest BCUT2D eigenvalue weighted by atomic mass is 16.6. The monoisotopic (exact) mass is 225 g/mol. The minimum Gasteiger partial charge on any atom is -0.443 e. The second kappa shape index (κ2) is 4.55. The first-order chi connectivity index (χ1) is 7.33. The maximum atomic E-state index is 11.9.